The van der Waals surface area contributed by atoms with E-state index >= 15 is 0 Å². The van der Waals surface area contributed by atoms with Crippen molar-refractivity contribution in [3.63, 3.8) is 0 Å². The molecule has 0 spiro atoms. The minimum Gasteiger partial charge on any atom is -0.289 e. The van der Waals surface area contributed by atoms with Crippen LogP contribution in [0.15, 0.2) is 24.3 Å². The van der Waals surface area contributed by atoms with Crippen LogP contribution >= 0.6 is 0 Å². The Labute approximate surface area is 84.9 Å². The number of alkyl halides is 3. The Bertz CT molecular complexity index is 395. The largest absolute Gasteiger partial charge is 0.450 e. The summed E-state index contributed by atoms with van der Waals surface area (Å²) in [6.45, 7) is 0. The van der Waals surface area contributed by atoms with Crippen LogP contribution in [-0.4, -0.2) is 12.0 Å². The van der Waals surface area contributed by atoms with E-state index < -0.39 is 18.4 Å². The number of carbonyl (C=O) groups excluding carboxylic acids is 1. The van der Waals surface area contributed by atoms with Gasteiger partial charge in [0.25, 0.3) is 0 Å². The van der Waals surface area contributed by atoms with Crippen LogP contribution in [0.1, 0.15) is 11.1 Å². The Morgan fingerprint density at radius 3 is 2.20 bits per heavy atom. The van der Waals surface area contributed by atoms with Crippen LogP contribution in [-0.2, 0) is 11.2 Å². The number of carbonyl (C=O) groups is 1. The van der Waals surface area contributed by atoms with Crippen LogP contribution in [0.3, 0.4) is 0 Å². The molecule has 1 aromatic carbocycles. The summed E-state index contributed by atoms with van der Waals surface area (Å²) in [6.07, 6.45) is -0.344. The maximum absolute atomic E-state index is 11.9. The highest BCUT2D eigenvalue weighted by atomic mass is 19.4. The Morgan fingerprint density at radius 1 is 1.27 bits per heavy atom. The molecule has 0 aliphatic carbocycles. The van der Waals surface area contributed by atoms with E-state index in [1.165, 1.54) is 24.3 Å². The highest BCUT2D eigenvalue weighted by Gasteiger charge is 2.37. The van der Waals surface area contributed by atoms with Gasteiger partial charge in [0.05, 0.1) is 0 Å². The first-order valence-electron chi connectivity index (χ1n) is 4.09. The molecule has 0 heterocycles. The van der Waals surface area contributed by atoms with Crippen molar-refractivity contribution < 1.29 is 18.0 Å². The standard InChI is InChI=1S/C11H7F3O/c1-2-8-3-5-9(6-4-8)7-10(15)11(12,13)14/h1,3-6H,7H2. The summed E-state index contributed by atoms with van der Waals surface area (Å²) < 4.78 is 35.7. The number of hydrogen-bond donors (Lipinski definition) is 0. The van der Waals surface area contributed by atoms with E-state index in [1.807, 2.05) is 0 Å². The maximum atomic E-state index is 11.9. The molecule has 15 heavy (non-hydrogen) atoms. The van der Waals surface area contributed by atoms with Crippen LogP contribution < -0.4 is 0 Å². The molecule has 0 N–H and O–H groups in total. The quantitative estimate of drug-likeness (QED) is 0.687. The van der Waals surface area contributed by atoms with E-state index in [9.17, 15) is 18.0 Å². The number of terminal acetylenes is 1. The molecule has 0 aliphatic rings. The van der Waals surface area contributed by atoms with Crippen molar-refractivity contribution >= 4 is 5.78 Å². The monoisotopic (exact) mass is 212 g/mol. The molecular weight excluding hydrogens is 205 g/mol. The lowest BCUT2D eigenvalue weighted by atomic mass is 10.1. The number of rotatable bonds is 2. The van der Waals surface area contributed by atoms with Crippen molar-refractivity contribution in [1.82, 2.24) is 0 Å². The summed E-state index contributed by atoms with van der Waals surface area (Å²) in [4.78, 5) is 10.6. The zero-order valence-corrected chi connectivity index (χ0v) is 7.64. The fraction of sp³-hybridized carbons (Fsp3) is 0.182. The highest BCUT2D eigenvalue weighted by molar-refractivity contribution is 5.86. The van der Waals surface area contributed by atoms with E-state index in [4.69, 9.17) is 6.42 Å². The molecule has 4 heteroatoms. The SMILES string of the molecule is C#Cc1ccc(CC(=O)C(F)(F)F)cc1. The molecule has 0 fully saturated rings. The predicted octanol–water partition coefficient (Wildman–Crippen LogP) is 2.34. The second-order valence-electron chi connectivity index (χ2n) is 2.94. The van der Waals surface area contributed by atoms with Gasteiger partial charge < -0.3 is 0 Å². The molecule has 0 aromatic heterocycles. The average molecular weight is 212 g/mol. The third kappa shape index (κ3) is 3.13. The second-order valence-corrected chi connectivity index (χ2v) is 2.94. The van der Waals surface area contributed by atoms with Crippen molar-refractivity contribution in [2.45, 2.75) is 12.6 Å². The van der Waals surface area contributed by atoms with E-state index in [1.54, 1.807) is 0 Å². The van der Waals surface area contributed by atoms with Crippen molar-refractivity contribution in [2.75, 3.05) is 0 Å². The molecule has 1 aromatic rings. The zero-order valence-electron chi connectivity index (χ0n) is 7.64. The number of hydrogen-bond acceptors (Lipinski definition) is 1. The molecule has 0 saturated heterocycles. The summed E-state index contributed by atoms with van der Waals surface area (Å²) in [6, 6.07) is 5.83. The molecule has 0 amide bonds. The molecule has 0 bridgehead atoms. The fourth-order valence-electron chi connectivity index (χ4n) is 1.00. The number of Topliss-reactive ketones (excluding diaryl/α,β-unsaturated/α-hetero) is 1. The molecule has 0 saturated carbocycles. The first-order chi connectivity index (χ1) is 6.93. The van der Waals surface area contributed by atoms with Crippen molar-refractivity contribution in [3.05, 3.63) is 35.4 Å². The topological polar surface area (TPSA) is 17.1 Å². The van der Waals surface area contributed by atoms with Gasteiger partial charge in [-0.15, -0.1) is 6.42 Å². The Balaban J connectivity index is 2.75. The smallest absolute Gasteiger partial charge is 0.289 e. The van der Waals surface area contributed by atoms with Gasteiger partial charge in [0.2, 0.25) is 5.78 Å². The number of ketones is 1. The van der Waals surface area contributed by atoms with Gasteiger partial charge in [0.15, 0.2) is 0 Å². The van der Waals surface area contributed by atoms with Crippen LogP contribution in [0, 0.1) is 12.3 Å². The molecule has 1 nitrogen and oxygen atoms in total. The lowest BCUT2D eigenvalue weighted by Gasteiger charge is -2.04. The lowest BCUT2D eigenvalue weighted by Crippen LogP contribution is -2.24. The highest BCUT2D eigenvalue weighted by Crippen LogP contribution is 2.18. The van der Waals surface area contributed by atoms with Crippen molar-refractivity contribution in [2.24, 2.45) is 0 Å². The molecule has 0 atom stereocenters. The first kappa shape index (κ1) is 11.3. The summed E-state index contributed by atoms with van der Waals surface area (Å²) in [7, 11) is 0. The van der Waals surface area contributed by atoms with Crippen LogP contribution in [0.2, 0.25) is 0 Å². The molecule has 0 unspecified atom stereocenters. The van der Waals surface area contributed by atoms with Gasteiger partial charge in [-0.1, -0.05) is 18.1 Å². The van der Waals surface area contributed by atoms with Gasteiger partial charge in [-0.25, -0.2) is 0 Å². The lowest BCUT2D eigenvalue weighted by molar-refractivity contribution is -0.170. The second kappa shape index (κ2) is 4.18. The summed E-state index contributed by atoms with van der Waals surface area (Å²) >= 11 is 0. The molecule has 1 rings (SSSR count). The van der Waals surface area contributed by atoms with Gasteiger partial charge in [-0.05, 0) is 17.7 Å². The number of benzene rings is 1. The number of halogens is 3. The van der Waals surface area contributed by atoms with Crippen molar-refractivity contribution in [3.8, 4) is 12.3 Å². The molecule has 78 valence electrons. The van der Waals surface area contributed by atoms with E-state index in [2.05, 4.69) is 5.92 Å². The van der Waals surface area contributed by atoms with E-state index in [-0.39, 0.29) is 0 Å². The first-order valence-corrected chi connectivity index (χ1v) is 4.09. The van der Waals surface area contributed by atoms with Gasteiger partial charge in [0.1, 0.15) is 0 Å². The molecule has 0 radical (unpaired) electrons. The van der Waals surface area contributed by atoms with Gasteiger partial charge in [-0.3, -0.25) is 4.79 Å². The molecule has 0 aliphatic heterocycles. The van der Waals surface area contributed by atoms with E-state index in [0.29, 0.717) is 11.1 Å². The Hall–Kier alpha value is -1.76. The summed E-state index contributed by atoms with van der Waals surface area (Å²) in [5.41, 5.74) is 0.870. The minimum atomic E-state index is -4.77. The normalized spacial score (nSPS) is 10.8. The Kier molecular flexibility index (Phi) is 3.15. The zero-order chi connectivity index (χ0) is 11.5. The fourth-order valence-corrected chi connectivity index (χ4v) is 1.00. The van der Waals surface area contributed by atoms with Gasteiger partial charge >= 0.3 is 6.18 Å². The summed E-state index contributed by atoms with van der Waals surface area (Å²) in [5, 5.41) is 0. The third-order valence-corrected chi connectivity index (χ3v) is 1.80. The summed E-state index contributed by atoms with van der Waals surface area (Å²) in [5.74, 6) is 0.577. The van der Waals surface area contributed by atoms with Crippen LogP contribution in [0.4, 0.5) is 13.2 Å². The third-order valence-electron chi connectivity index (χ3n) is 1.80. The van der Waals surface area contributed by atoms with Crippen molar-refractivity contribution in [1.29, 1.82) is 0 Å². The van der Waals surface area contributed by atoms with Gasteiger partial charge in [-0.2, -0.15) is 13.2 Å². The van der Waals surface area contributed by atoms with Crippen LogP contribution in [0.5, 0.6) is 0 Å². The minimum absolute atomic E-state index is 0.302. The average Bonchev–Trinajstić information content (AvgIpc) is 2.17. The maximum Gasteiger partial charge on any atom is 0.450 e. The predicted molar refractivity (Wildman–Crippen MR) is 49.1 cm³/mol. The van der Waals surface area contributed by atoms with E-state index in [0.717, 1.165) is 0 Å². The van der Waals surface area contributed by atoms with Crippen LogP contribution in [0.25, 0.3) is 0 Å². The Morgan fingerprint density at radius 2 is 1.80 bits per heavy atom. The molecular formula is C11H7F3O. The van der Waals surface area contributed by atoms with Gasteiger partial charge in [0, 0.05) is 12.0 Å².